The van der Waals surface area contributed by atoms with Crippen molar-refractivity contribution in [2.75, 3.05) is 0 Å². The van der Waals surface area contributed by atoms with Crippen LogP contribution in [0.25, 0.3) is 0 Å². The van der Waals surface area contributed by atoms with Crippen LogP contribution in [0, 0.1) is 11.8 Å². The molecular weight excluding hydrogens is 230 g/mol. The summed E-state index contributed by atoms with van der Waals surface area (Å²) in [4.78, 5) is 0. The fourth-order valence-corrected chi connectivity index (χ4v) is 2.46. The molecule has 1 aliphatic rings. The lowest BCUT2D eigenvalue weighted by atomic mass is 9.81. The van der Waals surface area contributed by atoms with E-state index in [4.69, 9.17) is 0 Å². The van der Waals surface area contributed by atoms with Crippen LogP contribution in [0.3, 0.4) is 0 Å². The minimum Gasteiger partial charge on any atom is -0.201 e. The van der Waals surface area contributed by atoms with Gasteiger partial charge in [-0.25, -0.2) is 8.78 Å². The highest BCUT2D eigenvalue weighted by molar-refractivity contribution is 5.20. The van der Waals surface area contributed by atoms with Crippen LogP contribution in [-0.2, 0) is 0 Å². The molecule has 2 atom stereocenters. The minimum absolute atomic E-state index is 0.122. The first-order valence-corrected chi connectivity index (χ1v) is 6.98. The molecule has 0 saturated carbocycles. The van der Waals surface area contributed by atoms with Crippen molar-refractivity contribution in [3.63, 3.8) is 0 Å². The first-order valence-electron chi connectivity index (χ1n) is 6.98. The van der Waals surface area contributed by atoms with Gasteiger partial charge in [-0.3, -0.25) is 0 Å². The summed E-state index contributed by atoms with van der Waals surface area (Å²) in [6, 6.07) is 0. The number of hydrogen-bond acceptors (Lipinski definition) is 0. The number of alkyl halides is 2. The van der Waals surface area contributed by atoms with Gasteiger partial charge in [-0.2, -0.15) is 0 Å². The van der Waals surface area contributed by atoms with Gasteiger partial charge in [0, 0.05) is 0 Å². The van der Waals surface area contributed by atoms with Gasteiger partial charge in [-0.05, 0) is 18.4 Å². The highest BCUT2D eigenvalue weighted by atomic mass is 19.3. The van der Waals surface area contributed by atoms with E-state index >= 15 is 0 Å². The standard InChI is InChI=1S/C16H24F2/c1-3-5-6-7-8-11-14(4-2)15-12-9-10-13-16(15,17)18/h4,9-10,12-15H,2-3,5-8,11H2,1H3. The zero-order valence-corrected chi connectivity index (χ0v) is 11.2. The van der Waals surface area contributed by atoms with Crippen LogP contribution in [0.1, 0.15) is 45.4 Å². The van der Waals surface area contributed by atoms with Crippen LogP contribution in [0.5, 0.6) is 0 Å². The van der Waals surface area contributed by atoms with Crippen molar-refractivity contribution in [2.24, 2.45) is 11.8 Å². The van der Waals surface area contributed by atoms with Crippen LogP contribution in [0.15, 0.2) is 37.0 Å². The third kappa shape index (κ3) is 4.40. The summed E-state index contributed by atoms with van der Waals surface area (Å²) in [7, 11) is 0. The molecule has 0 saturated heterocycles. The number of rotatable bonds is 8. The topological polar surface area (TPSA) is 0 Å². The third-order valence-corrected chi connectivity index (χ3v) is 3.60. The number of hydrogen-bond donors (Lipinski definition) is 0. The van der Waals surface area contributed by atoms with Crippen LogP contribution < -0.4 is 0 Å². The molecule has 0 spiro atoms. The molecule has 1 rings (SSSR count). The Balaban J connectivity index is 2.43. The van der Waals surface area contributed by atoms with E-state index in [-0.39, 0.29) is 5.92 Å². The molecular formula is C16H24F2. The zero-order valence-electron chi connectivity index (χ0n) is 11.2. The summed E-state index contributed by atoms with van der Waals surface area (Å²) in [5.41, 5.74) is 0. The van der Waals surface area contributed by atoms with E-state index in [9.17, 15) is 8.78 Å². The maximum absolute atomic E-state index is 13.8. The highest BCUT2D eigenvalue weighted by Gasteiger charge is 2.39. The molecule has 0 bridgehead atoms. The van der Waals surface area contributed by atoms with Crippen LogP contribution >= 0.6 is 0 Å². The predicted molar refractivity (Wildman–Crippen MR) is 73.8 cm³/mol. The van der Waals surface area contributed by atoms with Crippen LogP contribution in [-0.4, -0.2) is 5.92 Å². The molecule has 2 unspecified atom stereocenters. The largest absolute Gasteiger partial charge is 0.273 e. The second-order valence-electron chi connectivity index (χ2n) is 5.05. The van der Waals surface area contributed by atoms with Gasteiger partial charge in [0.15, 0.2) is 0 Å². The Bertz CT molecular complexity index is 302. The normalized spacial score (nSPS) is 22.9. The molecule has 1 aliphatic carbocycles. The lowest BCUT2D eigenvalue weighted by Crippen LogP contribution is -2.31. The van der Waals surface area contributed by atoms with Crippen LogP contribution in [0.4, 0.5) is 8.78 Å². The Morgan fingerprint density at radius 2 is 1.94 bits per heavy atom. The third-order valence-electron chi connectivity index (χ3n) is 3.60. The molecule has 0 N–H and O–H groups in total. The van der Waals surface area contributed by atoms with E-state index in [1.54, 1.807) is 18.2 Å². The summed E-state index contributed by atoms with van der Waals surface area (Å²) < 4.78 is 27.5. The Morgan fingerprint density at radius 3 is 2.56 bits per heavy atom. The molecule has 18 heavy (non-hydrogen) atoms. The lowest BCUT2D eigenvalue weighted by molar-refractivity contribution is -0.00818. The monoisotopic (exact) mass is 254 g/mol. The van der Waals surface area contributed by atoms with E-state index in [1.807, 2.05) is 0 Å². The second-order valence-corrected chi connectivity index (χ2v) is 5.05. The maximum atomic E-state index is 13.8. The molecule has 0 fully saturated rings. The van der Waals surface area contributed by atoms with E-state index in [1.165, 1.54) is 25.3 Å². The van der Waals surface area contributed by atoms with Crippen molar-refractivity contribution in [2.45, 2.75) is 51.4 Å². The van der Waals surface area contributed by atoms with Gasteiger partial charge in [0.25, 0.3) is 5.92 Å². The van der Waals surface area contributed by atoms with Gasteiger partial charge >= 0.3 is 0 Å². The average molecular weight is 254 g/mol. The number of allylic oxidation sites excluding steroid dienone is 5. The summed E-state index contributed by atoms with van der Waals surface area (Å²) in [5, 5.41) is 0. The summed E-state index contributed by atoms with van der Waals surface area (Å²) >= 11 is 0. The fraction of sp³-hybridized carbons (Fsp3) is 0.625. The molecule has 0 nitrogen and oxygen atoms in total. The van der Waals surface area contributed by atoms with Gasteiger partial charge in [-0.1, -0.05) is 63.3 Å². The molecule has 0 amide bonds. The van der Waals surface area contributed by atoms with Crippen LogP contribution in [0.2, 0.25) is 0 Å². The summed E-state index contributed by atoms with van der Waals surface area (Å²) in [6.07, 6.45) is 14.1. The first-order chi connectivity index (χ1) is 8.61. The number of unbranched alkanes of at least 4 members (excludes halogenated alkanes) is 4. The van der Waals surface area contributed by atoms with Gasteiger partial charge in [0.2, 0.25) is 0 Å². The predicted octanol–water partition coefficient (Wildman–Crippen LogP) is 5.53. The minimum atomic E-state index is -2.73. The van der Waals surface area contributed by atoms with Crippen molar-refractivity contribution in [1.29, 1.82) is 0 Å². The van der Waals surface area contributed by atoms with E-state index in [2.05, 4.69) is 13.5 Å². The smallest absolute Gasteiger partial charge is 0.201 e. The highest BCUT2D eigenvalue weighted by Crippen LogP contribution is 2.38. The Kier molecular flexibility index (Phi) is 6.31. The molecule has 0 aromatic heterocycles. The lowest BCUT2D eigenvalue weighted by Gasteiger charge is -2.29. The quantitative estimate of drug-likeness (QED) is 0.395. The van der Waals surface area contributed by atoms with Gasteiger partial charge in [-0.15, -0.1) is 6.58 Å². The van der Waals surface area contributed by atoms with E-state index in [0.717, 1.165) is 25.3 Å². The van der Waals surface area contributed by atoms with E-state index < -0.39 is 11.8 Å². The molecule has 2 heteroatoms. The van der Waals surface area contributed by atoms with Gasteiger partial charge < -0.3 is 0 Å². The summed E-state index contributed by atoms with van der Waals surface area (Å²) in [6.45, 7) is 5.90. The maximum Gasteiger partial charge on any atom is 0.273 e. The average Bonchev–Trinajstić information content (AvgIpc) is 2.34. The van der Waals surface area contributed by atoms with Crippen molar-refractivity contribution in [1.82, 2.24) is 0 Å². The Morgan fingerprint density at radius 1 is 1.22 bits per heavy atom. The molecule has 102 valence electrons. The second kappa shape index (κ2) is 7.50. The van der Waals surface area contributed by atoms with Gasteiger partial charge in [0.05, 0.1) is 5.92 Å². The van der Waals surface area contributed by atoms with E-state index in [0.29, 0.717) is 0 Å². The summed E-state index contributed by atoms with van der Waals surface area (Å²) in [5.74, 6) is -3.56. The molecule has 0 aromatic rings. The molecule has 0 heterocycles. The van der Waals surface area contributed by atoms with Crippen molar-refractivity contribution in [3.05, 3.63) is 37.0 Å². The molecule has 0 radical (unpaired) electrons. The Labute approximate surface area is 109 Å². The molecule has 0 aromatic carbocycles. The first kappa shape index (κ1) is 15.1. The van der Waals surface area contributed by atoms with Crippen molar-refractivity contribution < 1.29 is 8.78 Å². The fourth-order valence-electron chi connectivity index (χ4n) is 2.46. The SMILES string of the molecule is C=CC(CCCCCCC)C1C=CC=CC1(F)F. The van der Waals surface area contributed by atoms with Crippen molar-refractivity contribution in [3.8, 4) is 0 Å². The van der Waals surface area contributed by atoms with Gasteiger partial charge in [0.1, 0.15) is 0 Å². The molecule has 0 aliphatic heterocycles. The van der Waals surface area contributed by atoms with Crippen molar-refractivity contribution >= 4 is 0 Å². The number of halogens is 2. The Hall–Kier alpha value is -0.920. The zero-order chi connectivity index (χ0) is 13.4.